The fourth-order valence-corrected chi connectivity index (χ4v) is 3.05. The van der Waals surface area contributed by atoms with Crippen LogP contribution in [-0.4, -0.2) is 23.0 Å². The summed E-state index contributed by atoms with van der Waals surface area (Å²) in [6.07, 6.45) is 0. The fourth-order valence-electron chi connectivity index (χ4n) is 3.05. The SMILES string of the molecule is CC(=O)C(C(C)=O)[C@H](C[N+](=O)[O-])c1ccccc1OCc1ccccc1. The Kier molecular flexibility index (Phi) is 6.60. The molecule has 0 bridgehead atoms. The van der Waals surface area contributed by atoms with E-state index in [0.717, 1.165) is 5.56 Å². The first-order valence-electron chi connectivity index (χ1n) is 8.28. The summed E-state index contributed by atoms with van der Waals surface area (Å²) in [5.74, 6) is -2.27. The Balaban J connectivity index is 2.36. The number of para-hydroxylation sites is 1. The van der Waals surface area contributed by atoms with E-state index in [1.807, 2.05) is 30.3 Å². The maximum atomic E-state index is 12.0. The van der Waals surface area contributed by atoms with Gasteiger partial charge < -0.3 is 4.74 Å². The Bertz CT molecular complexity index is 774. The van der Waals surface area contributed by atoms with Gasteiger partial charge in [-0.25, -0.2) is 0 Å². The first kappa shape index (κ1) is 19.3. The van der Waals surface area contributed by atoms with Crippen LogP contribution in [0.1, 0.15) is 30.9 Å². The molecule has 0 fully saturated rings. The summed E-state index contributed by atoms with van der Waals surface area (Å²) in [4.78, 5) is 34.6. The molecule has 1 atom stereocenters. The van der Waals surface area contributed by atoms with Crippen LogP contribution >= 0.6 is 0 Å². The maximum absolute atomic E-state index is 12.0. The minimum absolute atomic E-state index is 0.286. The van der Waals surface area contributed by atoms with Gasteiger partial charge in [-0.1, -0.05) is 48.5 Å². The van der Waals surface area contributed by atoms with Crippen molar-refractivity contribution in [1.82, 2.24) is 0 Å². The smallest absolute Gasteiger partial charge is 0.211 e. The van der Waals surface area contributed by atoms with Gasteiger partial charge in [0.25, 0.3) is 0 Å². The highest BCUT2D eigenvalue weighted by atomic mass is 16.6. The van der Waals surface area contributed by atoms with Gasteiger partial charge in [0.15, 0.2) is 0 Å². The van der Waals surface area contributed by atoms with E-state index in [9.17, 15) is 19.7 Å². The number of nitro groups is 1. The zero-order valence-corrected chi connectivity index (χ0v) is 14.8. The second-order valence-electron chi connectivity index (χ2n) is 6.13. The molecule has 0 saturated heterocycles. The highest BCUT2D eigenvalue weighted by Gasteiger charge is 2.36. The Morgan fingerprint density at radius 3 is 2.15 bits per heavy atom. The van der Waals surface area contributed by atoms with Crippen molar-refractivity contribution in [3.63, 3.8) is 0 Å². The van der Waals surface area contributed by atoms with Crippen molar-refractivity contribution < 1.29 is 19.2 Å². The third-order valence-electron chi connectivity index (χ3n) is 4.18. The maximum Gasteiger partial charge on any atom is 0.211 e. The standard InChI is InChI=1S/C20H21NO5/c1-14(22)20(15(2)23)18(12-21(24)25)17-10-6-7-11-19(17)26-13-16-8-4-3-5-9-16/h3-11,18,20H,12-13H2,1-2H3/t18-/m1/s1. The zero-order chi connectivity index (χ0) is 19.1. The van der Waals surface area contributed by atoms with Crippen LogP contribution in [0.4, 0.5) is 0 Å². The van der Waals surface area contributed by atoms with Gasteiger partial charge in [-0.2, -0.15) is 0 Å². The minimum Gasteiger partial charge on any atom is -0.489 e. The van der Waals surface area contributed by atoms with Crippen LogP contribution in [-0.2, 0) is 16.2 Å². The van der Waals surface area contributed by atoms with Gasteiger partial charge in [0, 0.05) is 10.5 Å². The van der Waals surface area contributed by atoms with Gasteiger partial charge in [-0.05, 0) is 25.5 Å². The molecule has 0 aromatic heterocycles. The number of Topliss-reactive ketones (excluding diaryl/α,β-unsaturated/α-hetero) is 2. The average molecular weight is 355 g/mol. The topological polar surface area (TPSA) is 86.5 Å². The van der Waals surface area contributed by atoms with Crippen LogP contribution in [0.25, 0.3) is 0 Å². The summed E-state index contributed by atoms with van der Waals surface area (Å²) in [5, 5.41) is 11.2. The van der Waals surface area contributed by atoms with Crippen molar-refractivity contribution in [3.05, 3.63) is 75.8 Å². The summed E-state index contributed by atoms with van der Waals surface area (Å²) in [7, 11) is 0. The number of benzene rings is 2. The van der Waals surface area contributed by atoms with Gasteiger partial charge in [0.2, 0.25) is 6.54 Å². The Hall–Kier alpha value is -3.02. The van der Waals surface area contributed by atoms with Crippen molar-refractivity contribution in [2.45, 2.75) is 26.4 Å². The number of hydrogen-bond donors (Lipinski definition) is 0. The highest BCUT2D eigenvalue weighted by molar-refractivity contribution is 6.01. The Morgan fingerprint density at radius 1 is 1.00 bits per heavy atom. The average Bonchev–Trinajstić information content (AvgIpc) is 2.59. The summed E-state index contributed by atoms with van der Waals surface area (Å²) in [5.41, 5.74) is 1.44. The quantitative estimate of drug-likeness (QED) is 0.391. The van der Waals surface area contributed by atoms with E-state index >= 15 is 0 Å². The molecular weight excluding hydrogens is 334 g/mol. The first-order chi connectivity index (χ1) is 12.4. The molecular formula is C20H21NO5. The van der Waals surface area contributed by atoms with Crippen molar-refractivity contribution in [3.8, 4) is 5.75 Å². The number of carbonyl (C=O) groups excluding carboxylic acids is 2. The number of hydrogen-bond acceptors (Lipinski definition) is 5. The lowest BCUT2D eigenvalue weighted by Crippen LogP contribution is -2.31. The second-order valence-corrected chi connectivity index (χ2v) is 6.13. The van der Waals surface area contributed by atoms with Crippen LogP contribution in [0.15, 0.2) is 54.6 Å². The van der Waals surface area contributed by atoms with Crippen molar-refractivity contribution in [2.75, 3.05) is 6.54 Å². The third-order valence-corrected chi connectivity index (χ3v) is 4.18. The number of ether oxygens (including phenoxy) is 1. The molecule has 6 nitrogen and oxygen atoms in total. The van der Waals surface area contributed by atoms with Gasteiger partial charge in [-0.15, -0.1) is 0 Å². The summed E-state index contributed by atoms with van der Waals surface area (Å²) < 4.78 is 5.85. The molecule has 26 heavy (non-hydrogen) atoms. The van der Waals surface area contributed by atoms with Gasteiger partial charge in [-0.3, -0.25) is 19.7 Å². The fraction of sp³-hybridized carbons (Fsp3) is 0.300. The number of rotatable bonds is 9. The van der Waals surface area contributed by atoms with E-state index in [2.05, 4.69) is 0 Å². The van der Waals surface area contributed by atoms with Gasteiger partial charge >= 0.3 is 0 Å². The summed E-state index contributed by atoms with van der Waals surface area (Å²) in [6, 6.07) is 16.3. The molecule has 0 aliphatic carbocycles. The first-order valence-corrected chi connectivity index (χ1v) is 8.28. The van der Waals surface area contributed by atoms with Gasteiger partial charge in [0.1, 0.15) is 23.9 Å². The third kappa shape index (κ3) is 4.99. The molecule has 136 valence electrons. The van der Waals surface area contributed by atoms with E-state index in [-0.39, 0.29) is 18.2 Å². The molecule has 0 saturated carbocycles. The number of nitrogens with zero attached hydrogens (tertiary/aromatic N) is 1. The van der Waals surface area contributed by atoms with Crippen molar-refractivity contribution >= 4 is 11.6 Å². The Labute approximate surface area is 151 Å². The molecule has 0 unspecified atom stereocenters. The van der Waals surface area contributed by atoms with Crippen LogP contribution in [0.3, 0.4) is 0 Å². The molecule has 6 heteroatoms. The molecule has 2 aromatic carbocycles. The van der Waals surface area contributed by atoms with Crippen molar-refractivity contribution in [1.29, 1.82) is 0 Å². The normalized spacial score (nSPS) is 11.8. The predicted molar refractivity (Wildman–Crippen MR) is 96.7 cm³/mol. The zero-order valence-electron chi connectivity index (χ0n) is 14.8. The van der Waals surface area contributed by atoms with E-state index in [0.29, 0.717) is 11.3 Å². The lowest BCUT2D eigenvalue weighted by molar-refractivity contribution is -0.484. The monoisotopic (exact) mass is 355 g/mol. The molecule has 0 aliphatic heterocycles. The largest absolute Gasteiger partial charge is 0.489 e. The van der Waals surface area contributed by atoms with Crippen LogP contribution in [0.5, 0.6) is 5.75 Å². The Morgan fingerprint density at radius 2 is 1.58 bits per heavy atom. The van der Waals surface area contributed by atoms with E-state index in [4.69, 9.17) is 4.74 Å². The highest BCUT2D eigenvalue weighted by Crippen LogP contribution is 2.34. The lowest BCUT2D eigenvalue weighted by Gasteiger charge is -2.22. The minimum atomic E-state index is -1.07. The van der Waals surface area contributed by atoms with E-state index in [1.54, 1.807) is 24.3 Å². The molecule has 0 aliphatic rings. The van der Waals surface area contributed by atoms with Gasteiger partial charge in [0.05, 0.1) is 11.8 Å². The lowest BCUT2D eigenvalue weighted by atomic mass is 9.81. The molecule has 0 spiro atoms. The molecule has 0 heterocycles. The van der Waals surface area contributed by atoms with E-state index < -0.39 is 23.3 Å². The van der Waals surface area contributed by atoms with Crippen LogP contribution < -0.4 is 4.74 Å². The van der Waals surface area contributed by atoms with Crippen LogP contribution in [0.2, 0.25) is 0 Å². The molecule has 2 aromatic rings. The number of ketones is 2. The van der Waals surface area contributed by atoms with Crippen molar-refractivity contribution in [2.24, 2.45) is 5.92 Å². The summed E-state index contributed by atoms with van der Waals surface area (Å²) in [6.45, 7) is 2.34. The molecule has 0 radical (unpaired) electrons. The number of carbonyl (C=O) groups is 2. The molecule has 2 rings (SSSR count). The second kappa shape index (κ2) is 8.89. The van der Waals surface area contributed by atoms with E-state index in [1.165, 1.54) is 13.8 Å². The molecule has 0 N–H and O–H groups in total. The molecule has 0 amide bonds. The summed E-state index contributed by atoms with van der Waals surface area (Å²) >= 11 is 0. The predicted octanol–water partition coefficient (Wildman–Crippen LogP) is 3.42. The van der Waals surface area contributed by atoms with Crippen LogP contribution in [0, 0.1) is 16.0 Å².